The van der Waals surface area contributed by atoms with Gasteiger partial charge < -0.3 is 10.6 Å². The Kier molecular flexibility index (Phi) is 5.29. The normalized spacial score (nSPS) is 21.9. The first-order valence-electron chi connectivity index (χ1n) is 5.98. The van der Waals surface area contributed by atoms with Crippen molar-refractivity contribution in [2.75, 3.05) is 13.1 Å². The highest BCUT2D eigenvalue weighted by atomic mass is 19.1. The van der Waals surface area contributed by atoms with E-state index in [4.69, 9.17) is 5.73 Å². The fourth-order valence-corrected chi connectivity index (χ4v) is 1.73. The molecular weight excluding hydrogens is 259 g/mol. The molecule has 1 aliphatic heterocycles. The predicted molar refractivity (Wildman–Crippen MR) is 66.4 cm³/mol. The smallest absolute Gasteiger partial charge is 0.260 e. The zero-order valence-electron chi connectivity index (χ0n) is 10.7. The number of likely N-dealkylation sites (tertiary alicyclic amines) is 1. The van der Waals surface area contributed by atoms with Gasteiger partial charge in [-0.25, -0.2) is 13.2 Å². The lowest BCUT2D eigenvalue weighted by atomic mass is 10.2. The van der Waals surface area contributed by atoms with E-state index >= 15 is 0 Å². The van der Waals surface area contributed by atoms with E-state index in [0.717, 1.165) is 17.3 Å². The molecule has 1 unspecified atom stereocenters. The van der Waals surface area contributed by atoms with Crippen LogP contribution in [0.4, 0.5) is 13.2 Å². The molecule has 1 aliphatic rings. The van der Waals surface area contributed by atoms with Gasteiger partial charge in [0.25, 0.3) is 5.91 Å². The summed E-state index contributed by atoms with van der Waals surface area (Å²) in [4.78, 5) is 16.0. The Labute approximate surface area is 110 Å². The lowest BCUT2D eigenvalue weighted by Gasteiger charge is -2.15. The molecule has 1 aromatic rings. The highest BCUT2D eigenvalue weighted by Gasteiger charge is 2.35. The van der Waals surface area contributed by atoms with Gasteiger partial charge >= 0.3 is 0 Å². The zero-order valence-corrected chi connectivity index (χ0v) is 10.7. The number of hydrogen-bond donors (Lipinski definition) is 1. The maximum atomic E-state index is 13.3. The monoisotopic (exact) mass is 277 g/mol. The van der Waals surface area contributed by atoms with E-state index in [1.54, 1.807) is 0 Å². The second kappa shape index (κ2) is 6.51. The lowest BCUT2D eigenvalue weighted by molar-refractivity contribution is 0.0772. The van der Waals surface area contributed by atoms with Crippen LogP contribution in [-0.4, -0.2) is 41.1 Å². The van der Waals surface area contributed by atoms with Crippen molar-refractivity contribution in [2.45, 2.75) is 26.1 Å². The van der Waals surface area contributed by atoms with Crippen molar-refractivity contribution in [2.24, 2.45) is 5.73 Å². The Bertz CT molecular complexity index is 431. The van der Waals surface area contributed by atoms with Crippen LogP contribution >= 0.6 is 0 Å². The molecule has 1 fully saturated rings. The van der Waals surface area contributed by atoms with Crippen LogP contribution in [0.2, 0.25) is 0 Å². The van der Waals surface area contributed by atoms with E-state index in [0.29, 0.717) is 0 Å². The summed E-state index contributed by atoms with van der Waals surface area (Å²) in [6.45, 7) is 3.70. The molecule has 2 N–H and O–H groups in total. The third-order valence-corrected chi connectivity index (χ3v) is 2.65. The highest BCUT2D eigenvalue weighted by molar-refractivity contribution is 5.94. The van der Waals surface area contributed by atoms with Crippen LogP contribution in [0, 0.1) is 11.6 Å². The number of nitrogens with zero attached hydrogens (tertiary/aromatic N) is 2. The number of nitrogens with two attached hydrogens (primary N) is 1. The van der Waals surface area contributed by atoms with Gasteiger partial charge in [0.15, 0.2) is 11.6 Å². The molecule has 4 nitrogen and oxygen atoms in total. The summed E-state index contributed by atoms with van der Waals surface area (Å²) in [5.41, 5.74) is 4.67. The SMILES string of the molecule is CC.N[C@@H]1CN(C(=O)c2c(F)cncc2F)CC1F.[HH]. The topological polar surface area (TPSA) is 59.2 Å². The number of pyridine rings is 1. The van der Waals surface area contributed by atoms with Gasteiger partial charge in [-0.2, -0.15) is 0 Å². The molecule has 7 heteroatoms. The zero-order chi connectivity index (χ0) is 14.6. The molecule has 2 atom stereocenters. The molecule has 0 radical (unpaired) electrons. The maximum Gasteiger partial charge on any atom is 0.260 e. The summed E-state index contributed by atoms with van der Waals surface area (Å²) in [6, 6.07) is -0.813. The molecule has 0 bridgehead atoms. The fraction of sp³-hybridized carbons (Fsp3) is 0.500. The van der Waals surface area contributed by atoms with Crippen molar-refractivity contribution in [1.29, 1.82) is 0 Å². The summed E-state index contributed by atoms with van der Waals surface area (Å²) < 4.78 is 39.7. The molecule has 0 aromatic carbocycles. The van der Waals surface area contributed by atoms with Gasteiger partial charge in [0, 0.05) is 7.97 Å². The van der Waals surface area contributed by atoms with Gasteiger partial charge in [0.1, 0.15) is 11.7 Å². The average molecular weight is 277 g/mol. The van der Waals surface area contributed by atoms with E-state index in [1.807, 2.05) is 13.8 Å². The van der Waals surface area contributed by atoms with Crippen molar-refractivity contribution in [1.82, 2.24) is 9.88 Å². The number of carbonyl (C=O) groups is 1. The number of aromatic nitrogens is 1. The van der Waals surface area contributed by atoms with Gasteiger partial charge in [0.05, 0.1) is 25.0 Å². The minimum atomic E-state index is -1.37. The number of hydrogen-bond acceptors (Lipinski definition) is 3. The Morgan fingerprint density at radius 2 is 1.89 bits per heavy atom. The van der Waals surface area contributed by atoms with E-state index in [-0.39, 0.29) is 14.5 Å². The van der Waals surface area contributed by atoms with Crippen molar-refractivity contribution < 1.29 is 19.4 Å². The molecule has 2 heterocycles. The third kappa shape index (κ3) is 3.23. The number of rotatable bonds is 1. The molecule has 2 rings (SSSR count). The van der Waals surface area contributed by atoms with E-state index < -0.39 is 35.3 Å². The average Bonchev–Trinajstić information content (AvgIpc) is 2.72. The molecule has 108 valence electrons. The number of carbonyl (C=O) groups excluding carboxylic acids is 1. The molecule has 1 amide bonds. The molecule has 0 spiro atoms. The van der Waals surface area contributed by atoms with Crippen molar-refractivity contribution in [3.63, 3.8) is 0 Å². The van der Waals surface area contributed by atoms with Gasteiger partial charge in [-0.15, -0.1) is 0 Å². The molecular formula is C12H18F3N3O. The van der Waals surface area contributed by atoms with Crippen LogP contribution in [0.15, 0.2) is 12.4 Å². The summed E-state index contributed by atoms with van der Waals surface area (Å²) in [6.07, 6.45) is 0.102. The summed E-state index contributed by atoms with van der Waals surface area (Å²) in [7, 11) is 0. The second-order valence-electron chi connectivity index (χ2n) is 3.87. The van der Waals surface area contributed by atoms with Crippen LogP contribution in [-0.2, 0) is 0 Å². The molecule has 19 heavy (non-hydrogen) atoms. The van der Waals surface area contributed by atoms with Gasteiger partial charge in [0.2, 0.25) is 0 Å². The number of halogens is 3. The Morgan fingerprint density at radius 3 is 2.32 bits per heavy atom. The quantitative estimate of drug-likeness (QED) is 0.850. The Morgan fingerprint density at radius 1 is 1.37 bits per heavy atom. The molecule has 1 saturated heterocycles. The van der Waals surface area contributed by atoms with E-state index in [9.17, 15) is 18.0 Å². The van der Waals surface area contributed by atoms with Crippen molar-refractivity contribution in [3.05, 3.63) is 29.6 Å². The summed E-state index contributed by atoms with van der Waals surface area (Å²) in [5.74, 6) is -3.03. The summed E-state index contributed by atoms with van der Waals surface area (Å²) in [5, 5.41) is 0. The standard InChI is InChI=1S/C10H10F3N3O.C2H6.H2/c11-5-1-15-2-6(12)9(5)10(17)16-3-7(13)8(14)4-16;1-2;/h1-2,7-8H,3-4,14H2;1-2H3;1H/t7?,8-;;/m1../s1. The van der Waals surface area contributed by atoms with Crippen LogP contribution in [0.1, 0.15) is 25.6 Å². The van der Waals surface area contributed by atoms with Crippen LogP contribution in [0.5, 0.6) is 0 Å². The molecule has 0 saturated carbocycles. The van der Waals surface area contributed by atoms with Crippen molar-refractivity contribution >= 4 is 5.91 Å². The number of alkyl halides is 1. The van der Waals surface area contributed by atoms with Gasteiger partial charge in [-0.05, 0) is 0 Å². The highest BCUT2D eigenvalue weighted by Crippen LogP contribution is 2.18. The maximum absolute atomic E-state index is 13.3. The largest absolute Gasteiger partial charge is 0.334 e. The third-order valence-electron chi connectivity index (χ3n) is 2.65. The van der Waals surface area contributed by atoms with Crippen molar-refractivity contribution in [3.8, 4) is 0 Å². The summed E-state index contributed by atoms with van der Waals surface area (Å²) >= 11 is 0. The first kappa shape index (κ1) is 15.4. The second-order valence-corrected chi connectivity index (χ2v) is 3.87. The minimum Gasteiger partial charge on any atom is -0.334 e. The van der Waals surface area contributed by atoms with Gasteiger partial charge in [-0.3, -0.25) is 9.78 Å². The minimum absolute atomic E-state index is 0. The first-order chi connectivity index (χ1) is 9.00. The van der Waals surface area contributed by atoms with E-state index in [1.165, 1.54) is 0 Å². The first-order valence-corrected chi connectivity index (χ1v) is 5.98. The Balaban J connectivity index is 0.00000115. The van der Waals surface area contributed by atoms with E-state index in [2.05, 4.69) is 4.98 Å². The fourth-order valence-electron chi connectivity index (χ4n) is 1.73. The Hall–Kier alpha value is -1.63. The van der Waals surface area contributed by atoms with Crippen LogP contribution < -0.4 is 5.73 Å². The molecule has 1 aromatic heterocycles. The van der Waals surface area contributed by atoms with Crippen LogP contribution in [0.3, 0.4) is 0 Å². The van der Waals surface area contributed by atoms with Crippen LogP contribution in [0.25, 0.3) is 0 Å². The number of amides is 1. The lowest BCUT2D eigenvalue weighted by Crippen LogP contribution is -2.33. The molecule has 0 aliphatic carbocycles. The van der Waals surface area contributed by atoms with Gasteiger partial charge in [-0.1, -0.05) is 13.8 Å². The predicted octanol–water partition coefficient (Wildman–Crippen LogP) is 1.75.